The quantitative estimate of drug-likeness (QED) is 0.512. The molecule has 1 rings (SSSR count). The number of ether oxygens (including phenoxy) is 1. The molecule has 0 aliphatic rings. The van der Waals surface area contributed by atoms with E-state index in [4.69, 9.17) is 0 Å². The summed E-state index contributed by atoms with van der Waals surface area (Å²) in [6, 6.07) is 1.32. The predicted molar refractivity (Wildman–Crippen MR) is 51.1 cm³/mol. The van der Waals surface area contributed by atoms with E-state index in [9.17, 15) is 14.9 Å². The van der Waals surface area contributed by atoms with Crippen LogP contribution in [0, 0.1) is 10.1 Å². The van der Waals surface area contributed by atoms with Gasteiger partial charge in [-0.05, 0) is 27.8 Å². The first-order valence-corrected chi connectivity index (χ1v) is 4.55. The van der Waals surface area contributed by atoms with Crippen LogP contribution < -0.4 is 0 Å². The molecule has 1 aromatic rings. The molecule has 0 aliphatic heterocycles. The van der Waals surface area contributed by atoms with Crippen molar-refractivity contribution in [3.05, 3.63) is 26.3 Å². The highest BCUT2D eigenvalue weighted by Crippen LogP contribution is 2.24. The largest absolute Gasteiger partial charge is 0.460 e. The summed E-state index contributed by atoms with van der Waals surface area (Å²) < 4.78 is 4.89. The number of hydrogen-bond donors (Lipinski definition) is 1. The average Bonchev–Trinajstić information content (AvgIpc) is 2.48. The zero-order chi connectivity index (χ0) is 10.7. The van der Waals surface area contributed by atoms with Crippen molar-refractivity contribution in [1.29, 1.82) is 0 Å². The minimum absolute atomic E-state index is 0.0606. The Bertz CT molecular complexity index is 374. The molecule has 0 fully saturated rings. The lowest BCUT2D eigenvalue weighted by atomic mass is 10.4. The van der Waals surface area contributed by atoms with Gasteiger partial charge in [-0.2, -0.15) is 0 Å². The standard InChI is InChI=1S/C7H7BrN2O4/c1-2-14-7(11)5-3-4(8)6(9-5)10(12)13/h3,9H,2H2,1H3. The van der Waals surface area contributed by atoms with Crippen molar-refractivity contribution in [2.45, 2.75) is 6.92 Å². The molecule has 6 nitrogen and oxygen atoms in total. The first-order chi connectivity index (χ1) is 6.56. The lowest BCUT2D eigenvalue weighted by Gasteiger charge is -1.94. The molecule has 1 aromatic heterocycles. The molecule has 0 aliphatic carbocycles. The van der Waals surface area contributed by atoms with Crippen molar-refractivity contribution >= 4 is 27.7 Å². The number of halogens is 1. The van der Waals surface area contributed by atoms with Crippen LogP contribution in [-0.2, 0) is 4.74 Å². The third kappa shape index (κ3) is 2.11. The van der Waals surface area contributed by atoms with Gasteiger partial charge in [0.2, 0.25) is 5.69 Å². The molecule has 0 amide bonds. The Morgan fingerprint density at radius 2 is 2.43 bits per heavy atom. The van der Waals surface area contributed by atoms with Gasteiger partial charge in [0.05, 0.1) is 6.61 Å². The van der Waals surface area contributed by atoms with E-state index in [0.717, 1.165) is 0 Å². The van der Waals surface area contributed by atoms with Gasteiger partial charge in [0.15, 0.2) is 0 Å². The fraction of sp³-hybridized carbons (Fsp3) is 0.286. The van der Waals surface area contributed by atoms with E-state index in [0.29, 0.717) is 0 Å². The Hall–Kier alpha value is -1.37. The van der Waals surface area contributed by atoms with Gasteiger partial charge in [-0.25, -0.2) is 9.78 Å². The minimum Gasteiger partial charge on any atom is -0.460 e. The van der Waals surface area contributed by atoms with E-state index in [1.807, 2.05) is 0 Å². The lowest BCUT2D eigenvalue weighted by Crippen LogP contribution is -2.04. The summed E-state index contributed by atoms with van der Waals surface area (Å²) in [6.45, 7) is 1.88. The van der Waals surface area contributed by atoms with Crippen molar-refractivity contribution in [3.8, 4) is 0 Å². The summed E-state index contributed by atoms with van der Waals surface area (Å²) in [5, 5.41) is 10.4. The van der Waals surface area contributed by atoms with Crippen LogP contribution in [0.2, 0.25) is 0 Å². The van der Waals surface area contributed by atoms with Crippen LogP contribution in [-0.4, -0.2) is 22.5 Å². The number of nitrogens with zero attached hydrogens (tertiary/aromatic N) is 1. The third-order valence-corrected chi connectivity index (χ3v) is 2.03. The van der Waals surface area contributed by atoms with Gasteiger partial charge in [-0.1, -0.05) is 0 Å². The van der Waals surface area contributed by atoms with Crippen LogP contribution >= 0.6 is 15.9 Å². The monoisotopic (exact) mass is 262 g/mol. The van der Waals surface area contributed by atoms with Crippen molar-refractivity contribution < 1.29 is 14.5 Å². The molecule has 0 aromatic carbocycles. The van der Waals surface area contributed by atoms with Crippen molar-refractivity contribution in [1.82, 2.24) is 4.98 Å². The predicted octanol–water partition coefficient (Wildman–Crippen LogP) is 1.86. The Morgan fingerprint density at radius 1 is 1.79 bits per heavy atom. The van der Waals surface area contributed by atoms with Crippen molar-refractivity contribution in [3.63, 3.8) is 0 Å². The maximum absolute atomic E-state index is 11.1. The van der Waals surface area contributed by atoms with Crippen LogP contribution in [0.3, 0.4) is 0 Å². The lowest BCUT2D eigenvalue weighted by molar-refractivity contribution is -0.390. The summed E-state index contributed by atoms with van der Waals surface area (Å²) >= 11 is 2.96. The number of nitrogens with one attached hydrogen (secondary N) is 1. The number of rotatable bonds is 3. The number of aromatic nitrogens is 1. The Kier molecular flexibility index (Phi) is 3.23. The van der Waals surface area contributed by atoms with Crippen molar-refractivity contribution in [2.24, 2.45) is 0 Å². The first-order valence-electron chi connectivity index (χ1n) is 3.76. The zero-order valence-corrected chi connectivity index (χ0v) is 8.83. The SMILES string of the molecule is CCOC(=O)c1cc(Br)c([N+](=O)[O-])[nH]1. The van der Waals surface area contributed by atoms with E-state index in [1.54, 1.807) is 6.92 Å². The van der Waals surface area contributed by atoms with Gasteiger partial charge >= 0.3 is 11.8 Å². The highest BCUT2D eigenvalue weighted by molar-refractivity contribution is 9.10. The minimum atomic E-state index is -0.618. The second-order valence-corrected chi connectivity index (χ2v) is 3.21. The highest BCUT2D eigenvalue weighted by atomic mass is 79.9. The molecule has 0 saturated heterocycles. The van der Waals surface area contributed by atoms with E-state index in [2.05, 4.69) is 25.7 Å². The van der Waals surface area contributed by atoms with E-state index in [-0.39, 0.29) is 22.6 Å². The highest BCUT2D eigenvalue weighted by Gasteiger charge is 2.20. The van der Waals surface area contributed by atoms with Gasteiger partial charge in [-0.15, -0.1) is 0 Å². The summed E-state index contributed by atoms with van der Waals surface area (Å²) in [5.41, 5.74) is 0.0606. The van der Waals surface area contributed by atoms with Gasteiger partial charge in [0.1, 0.15) is 4.47 Å². The molecule has 0 radical (unpaired) electrons. The Morgan fingerprint density at radius 3 is 2.86 bits per heavy atom. The van der Waals surface area contributed by atoms with Crippen LogP contribution in [0.15, 0.2) is 10.5 Å². The van der Waals surface area contributed by atoms with Crippen LogP contribution in [0.25, 0.3) is 0 Å². The summed E-state index contributed by atoms with van der Waals surface area (Å²) in [4.78, 5) is 23.3. The smallest absolute Gasteiger partial charge is 0.378 e. The van der Waals surface area contributed by atoms with Gasteiger partial charge < -0.3 is 14.9 Å². The Labute approximate surface area is 87.5 Å². The van der Waals surface area contributed by atoms with Crippen LogP contribution in [0.1, 0.15) is 17.4 Å². The normalized spacial score (nSPS) is 9.86. The summed E-state index contributed by atoms with van der Waals surface area (Å²) in [5.74, 6) is -0.866. The fourth-order valence-electron chi connectivity index (χ4n) is 0.870. The number of hydrogen-bond acceptors (Lipinski definition) is 4. The number of H-pyrrole nitrogens is 1. The maximum Gasteiger partial charge on any atom is 0.378 e. The number of nitro groups is 1. The molecule has 0 unspecified atom stereocenters. The molecule has 76 valence electrons. The number of carbonyl (C=O) groups is 1. The summed E-state index contributed by atoms with van der Waals surface area (Å²) in [7, 11) is 0. The van der Waals surface area contributed by atoms with Crippen LogP contribution in [0.4, 0.5) is 5.82 Å². The molecule has 1 heterocycles. The van der Waals surface area contributed by atoms with E-state index < -0.39 is 10.9 Å². The van der Waals surface area contributed by atoms with Gasteiger partial charge in [-0.3, -0.25) is 0 Å². The Balaban J connectivity index is 2.96. The van der Waals surface area contributed by atoms with E-state index in [1.165, 1.54) is 6.07 Å². The van der Waals surface area contributed by atoms with Crippen molar-refractivity contribution in [2.75, 3.05) is 6.61 Å². The summed E-state index contributed by atoms with van der Waals surface area (Å²) in [6.07, 6.45) is 0. The maximum atomic E-state index is 11.1. The molecule has 0 atom stereocenters. The number of esters is 1. The van der Waals surface area contributed by atoms with Crippen LogP contribution in [0.5, 0.6) is 0 Å². The molecule has 14 heavy (non-hydrogen) atoms. The number of carbonyl (C=O) groups excluding carboxylic acids is 1. The third-order valence-electron chi connectivity index (χ3n) is 1.43. The zero-order valence-electron chi connectivity index (χ0n) is 7.24. The molecule has 0 spiro atoms. The fourth-order valence-corrected chi connectivity index (χ4v) is 1.34. The topological polar surface area (TPSA) is 85.2 Å². The van der Waals surface area contributed by atoms with E-state index >= 15 is 0 Å². The number of aromatic amines is 1. The average molecular weight is 263 g/mol. The van der Waals surface area contributed by atoms with Gasteiger partial charge in [0.25, 0.3) is 0 Å². The molecule has 7 heteroatoms. The first kappa shape index (κ1) is 10.7. The molecule has 1 N–H and O–H groups in total. The molecule has 0 bridgehead atoms. The molecule has 0 saturated carbocycles. The second kappa shape index (κ2) is 4.23. The molecular weight excluding hydrogens is 256 g/mol. The molecular formula is C7H7BrN2O4. The van der Waals surface area contributed by atoms with Gasteiger partial charge in [0, 0.05) is 6.07 Å². The second-order valence-electron chi connectivity index (χ2n) is 2.36.